The van der Waals surface area contributed by atoms with E-state index in [9.17, 15) is 9.59 Å². The zero-order valence-electron chi connectivity index (χ0n) is 17.3. The molecule has 32 heavy (non-hydrogen) atoms. The third kappa shape index (κ3) is 4.46. The van der Waals surface area contributed by atoms with Gasteiger partial charge in [-0.05, 0) is 44.2 Å². The molecule has 8 nitrogen and oxygen atoms in total. The van der Waals surface area contributed by atoms with Crippen LogP contribution >= 0.6 is 23.2 Å². The molecule has 10 heteroatoms. The standard InChI is InChI=1S/C22H19Cl2N5O3/c1-13(2)28-12-25-22-26-15(10-20(30)29(22)28)11-32-19-8-7-14(23)9-18(19)27-21(31)16-5-3-4-6-17(16)24/h3-10,12-13H,11H2,1-2H3,(H,27,31). The highest BCUT2D eigenvalue weighted by molar-refractivity contribution is 6.34. The molecule has 0 aliphatic heterocycles. The molecule has 0 bridgehead atoms. The van der Waals surface area contributed by atoms with Crippen LogP contribution in [-0.4, -0.2) is 25.1 Å². The van der Waals surface area contributed by atoms with E-state index in [-0.39, 0.29) is 24.0 Å². The molecule has 0 saturated carbocycles. The zero-order chi connectivity index (χ0) is 22.8. The van der Waals surface area contributed by atoms with Gasteiger partial charge in [-0.25, -0.2) is 4.98 Å². The molecule has 1 amide bonds. The van der Waals surface area contributed by atoms with Gasteiger partial charge in [0.2, 0.25) is 0 Å². The summed E-state index contributed by atoms with van der Waals surface area (Å²) in [5, 5.41) is 3.51. The molecule has 4 aromatic rings. The first-order chi connectivity index (χ1) is 15.3. The second kappa shape index (κ2) is 9.02. The van der Waals surface area contributed by atoms with Crippen molar-refractivity contribution in [2.75, 3.05) is 5.32 Å². The monoisotopic (exact) mass is 471 g/mol. The van der Waals surface area contributed by atoms with E-state index < -0.39 is 5.91 Å². The number of carbonyl (C=O) groups excluding carboxylic acids is 1. The minimum atomic E-state index is -0.403. The number of benzene rings is 2. The van der Waals surface area contributed by atoms with Crippen LogP contribution in [0.2, 0.25) is 10.0 Å². The van der Waals surface area contributed by atoms with Crippen LogP contribution in [0.3, 0.4) is 0 Å². The maximum absolute atomic E-state index is 12.7. The van der Waals surface area contributed by atoms with Crippen LogP contribution in [0.5, 0.6) is 5.75 Å². The van der Waals surface area contributed by atoms with E-state index in [1.165, 1.54) is 10.6 Å². The van der Waals surface area contributed by atoms with E-state index in [1.54, 1.807) is 53.5 Å². The SMILES string of the molecule is CC(C)n1cnc2nc(COc3ccc(Cl)cc3NC(=O)c3ccccc3Cl)cc(=O)n21. The van der Waals surface area contributed by atoms with Crippen molar-refractivity contribution >= 4 is 40.6 Å². The number of amides is 1. The Bertz CT molecular complexity index is 1360. The van der Waals surface area contributed by atoms with Crippen molar-refractivity contribution in [3.8, 4) is 5.75 Å². The Hall–Kier alpha value is -3.36. The molecule has 0 atom stereocenters. The molecule has 2 heterocycles. The summed E-state index contributed by atoms with van der Waals surface area (Å²) >= 11 is 12.2. The van der Waals surface area contributed by atoms with Gasteiger partial charge in [-0.15, -0.1) is 0 Å². The van der Waals surface area contributed by atoms with Crippen molar-refractivity contribution in [1.82, 2.24) is 19.2 Å². The largest absolute Gasteiger partial charge is 0.485 e. The normalized spacial score (nSPS) is 11.2. The number of fused-ring (bicyclic) bond motifs is 1. The molecule has 0 fully saturated rings. The second-order valence-electron chi connectivity index (χ2n) is 7.28. The number of halogens is 2. The predicted molar refractivity (Wildman–Crippen MR) is 123 cm³/mol. The van der Waals surface area contributed by atoms with E-state index in [0.29, 0.717) is 32.7 Å². The van der Waals surface area contributed by atoms with E-state index in [2.05, 4.69) is 15.3 Å². The number of carbonyl (C=O) groups is 1. The van der Waals surface area contributed by atoms with Crippen molar-refractivity contribution in [2.24, 2.45) is 0 Å². The fraction of sp³-hybridized carbons (Fsp3) is 0.182. The zero-order valence-corrected chi connectivity index (χ0v) is 18.8. The Morgan fingerprint density at radius 2 is 1.94 bits per heavy atom. The number of rotatable bonds is 6. The van der Waals surface area contributed by atoms with Crippen LogP contribution in [0.15, 0.2) is 59.7 Å². The number of aromatic nitrogens is 4. The number of ether oxygens (including phenoxy) is 1. The van der Waals surface area contributed by atoms with Crippen LogP contribution in [0.4, 0.5) is 5.69 Å². The fourth-order valence-electron chi connectivity index (χ4n) is 3.12. The Labute approximate surface area is 193 Å². The quantitative estimate of drug-likeness (QED) is 0.443. The molecule has 0 spiro atoms. The van der Waals surface area contributed by atoms with E-state index in [0.717, 1.165) is 0 Å². The van der Waals surface area contributed by atoms with Crippen molar-refractivity contribution in [2.45, 2.75) is 26.5 Å². The lowest BCUT2D eigenvalue weighted by atomic mass is 10.2. The van der Waals surface area contributed by atoms with E-state index in [4.69, 9.17) is 27.9 Å². The van der Waals surface area contributed by atoms with Crippen molar-refractivity contribution < 1.29 is 9.53 Å². The highest BCUT2D eigenvalue weighted by Crippen LogP contribution is 2.29. The third-order valence-corrected chi connectivity index (χ3v) is 5.23. The number of nitrogens with one attached hydrogen (secondary N) is 1. The Morgan fingerprint density at radius 1 is 1.16 bits per heavy atom. The first-order valence-electron chi connectivity index (χ1n) is 9.77. The molecule has 1 N–H and O–H groups in total. The highest BCUT2D eigenvalue weighted by Gasteiger charge is 2.15. The molecule has 0 saturated heterocycles. The van der Waals surface area contributed by atoms with E-state index in [1.807, 2.05) is 13.8 Å². The summed E-state index contributed by atoms with van der Waals surface area (Å²) in [7, 11) is 0. The lowest BCUT2D eigenvalue weighted by Crippen LogP contribution is -2.23. The van der Waals surface area contributed by atoms with Crippen LogP contribution in [0, 0.1) is 0 Å². The summed E-state index contributed by atoms with van der Waals surface area (Å²) in [6, 6.07) is 13.0. The van der Waals surface area contributed by atoms with Gasteiger partial charge in [-0.1, -0.05) is 35.3 Å². The Morgan fingerprint density at radius 3 is 2.69 bits per heavy atom. The predicted octanol–water partition coefficient (Wildman–Crippen LogP) is 4.61. The average molecular weight is 472 g/mol. The molecule has 0 aliphatic rings. The van der Waals surface area contributed by atoms with E-state index >= 15 is 0 Å². The summed E-state index contributed by atoms with van der Waals surface area (Å²) in [4.78, 5) is 33.8. The Balaban J connectivity index is 1.57. The van der Waals surface area contributed by atoms with Gasteiger partial charge in [-0.2, -0.15) is 9.50 Å². The minimum Gasteiger partial charge on any atom is -0.485 e. The summed E-state index contributed by atoms with van der Waals surface area (Å²) < 4.78 is 8.97. The molecular weight excluding hydrogens is 453 g/mol. The van der Waals surface area contributed by atoms with Crippen molar-refractivity contribution in [3.63, 3.8) is 0 Å². The molecule has 2 aromatic carbocycles. The molecular formula is C22H19Cl2N5O3. The first-order valence-corrected chi connectivity index (χ1v) is 10.5. The summed E-state index contributed by atoms with van der Waals surface area (Å²) in [6.07, 6.45) is 1.57. The summed E-state index contributed by atoms with van der Waals surface area (Å²) in [5.74, 6) is 0.248. The van der Waals surface area contributed by atoms with Gasteiger partial charge < -0.3 is 10.1 Å². The van der Waals surface area contributed by atoms with Gasteiger partial charge in [0.1, 0.15) is 18.7 Å². The molecule has 4 rings (SSSR count). The highest BCUT2D eigenvalue weighted by atomic mass is 35.5. The molecule has 0 aliphatic carbocycles. The van der Waals surface area contributed by atoms with Crippen LogP contribution in [0.25, 0.3) is 5.78 Å². The summed E-state index contributed by atoms with van der Waals surface area (Å²) in [6.45, 7) is 3.89. The third-order valence-electron chi connectivity index (χ3n) is 4.67. The first kappa shape index (κ1) is 21.9. The molecule has 0 radical (unpaired) electrons. The van der Waals surface area contributed by atoms with Gasteiger partial charge in [-0.3, -0.25) is 14.3 Å². The number of hydrogen-bond donors (Lipinski definition) is 1. The van der Waals surface area contributed by atoms with Crippen molar-refractivity contribution in [3.05, 3.63) is 86.5 Å². The smallest absolute Gasteiger partial charge is 0.274 e. The van der Waals surface area contributed by atoms with Gasteiger partial charge in [0, 0.05) is 17.1 Å². The molecule has 2 aromatic heterocycles. The number of anilines is 1. The molecule has 0 unspecified atom stereocenters. The second-order valence-corrected chi connectivity index (χ2v) is 8.12. The van der Waals surface area contributed by atoms with Crippen LogP contribution in [-0.2, 0) is 6.61 Å². The lowest BCUT2D eigenvalue weighted by Gasteiger charge is -2.13. The topological polar surface area (TPSA) is 90.5 Å². The maximum atomic E-state index is 12.7. The number of hydrogen-bond acceptors (Lipinski definition) is 5. The van der Waals surface area contributed by atoms with Crippen LogP contribution in [0.1, 0.15) is 35.9 Å². The average Bonchev–Trinajstić information content (AvgIpc) is 3.18. The maximum Gasteiger partial charge on any atom is 0.274 e. The van der Waals surface area contributed by atoms with Gasteiger partial charge in [0.05, 0.1) is 22.0 Å². The van der Waals surface area contributed by atoms with Gasteiger partial charge >= 0.3 is 0 Å². The van der Waals surface area contributed by atoms with Crippen molar-refractivity contribution in [1.29, 1.82) is 0 Å². The molecule has 164 valence electrons. The van der Waals surface area contributed by atoms with Gasteiger partial charge in [0.25, 0.3) is 17.2 Å². The fourth-order valence-corrected chi connectivity index (χ4v) is 3.52. The summed E-state index contributed by atoms with van der Waals surface area (Å²) in [5.41, 5.74) is 0.829. The van der Waals surface area contributed by atoms with Gasteiger partial charge in [0.15, 0.2) is 0 Å². The minimum absolute atomic E-state index is 0.00310. The lowest BCUT2D eigenvalue weighted by molar-refractivity contribution is 0.102. The number of nitrogens with zero attached hydrogens (tertiary/aromatic N) is 4. The van der Waals surface area contributed by atoms with Crippen LogP contribution < -0.4 is 15.6 Å². The Kier molecular flexibility index (Phi) is 6.16.